The zero-order valence-corrected chi connectivity index (χ0v) is 28.2. The smallest absolute Gasteiger partial charge is 0.271 e. The molecule has 0 unspecified atom stereocenters. The van der Waals surface area contributed by atoms with Gasteiger partial charge in [-0.1, -0.05) is 72.8 Å². The number of para-hydroxylation sites is 4. The molecule has 16 heteroatoms. The first-order chi connectivity index (χ1) is 25.2. The van der Waals surface area contributed by atoms with E-state index in [-0.39, 0.29) is 52.1 Å². The van der Waals surface area contributed by atoms with Crippen LogP contribution in [0.2, 0.25) is 0 Å². The van der Waals surface area contributed by atoms with E-state index in [9.17, 15) is 19.2 Å². The predicted octanol–water partition coefficient (Wildman–Crippen LogP) is -0.162. The topological polar surface area (TPSA) is 257 Å². The van der Waals surface area contributed by atoms with E-state index in [0.29, 0.717) is 67.5 Å². The third-order valence-electron chi connectivity index (χ3n) is 8.27. The van der Waals surface area contributed by atoms with Crippen LogP contribution in [0.15, 0.2) is 72.8 Å². The molecule has 0 saturated heterocycles. The van der Waals surface area contributed by atoms with Crippen LogP contribution in [-0.4, -0.2) is 50.1 Å². The Morgan fingerprint density at radius 3 is 0.712 bits per heavy atom. The Morgan fingerprint density at radius 2 is 0.558 bits per heavy atom. The molecule has 52 heavy (non-hydrogen) atoms. The summed E-state index contributed by atoms with van der Waals surface area (Å²) in [5, 5.41) is 0. The van der Waals surface area contributed by atoms with Crippen LogP contribution in [0.25, 0.3) is 0 Å². The second-order valence-corrected chi connectivity index (χ2v) is 11.8. The number of hydrogen-bond acceptors (Lipinski definition) is 12. The molecule has 4 aromatic carbocycles. The lowest BCUT2D eigenvalue weighted by Crippen LogP contribution is -2.34. The highest BCUT2D eigenvalue weighted by atomic mass is 16.5. The number of ether oxygens (including phenoxy) is 4. The Balaban J connectivity index is 1.74. The van der Waals surface area contributed by atoms with Crippen molar-refractivity contribution >= 4 is 23.6 Å². The number of amides is 4. The first kappa shape index (κ1) is 37.1. The molecule has 1 aliphatic carbocycles. The maximum absolute atomic E-state index is 12.3. The average molecular weight is 713 g/mol. The van der Waals surface area contributed by atoms with Crippen LogP contribution in [0.1, 0.15) is 44.5 Å². The number of hydrazine groups is 4. The lowest BCUT2D eigenvalue weighted by Gasteiger charge is -2.22. The summed E-state index contributed by atoms with van der Waals surface area (Å²) >= 11 is 0. The van der Waals surface area contributed by atoms with Crippen molar-refractivity contribution in [2.45, 2.75) is 25.7 Å². The number of benzene rings is 4. The number of nitrogens with one attached hydrogen (secondary N) is 4. The quantitative estimate of drug-likeness (QED) is 0.0477. The van der Waals surface area contributed by atoms with Gasteiger partial charge in [-0.25, -0.2) is 23.4 Å². The normalized spacial score (nSPS) is 11.8. The Bertz CT molecular complexity index is 1590. The van der Waals surface area contributed by atoms with Crippen LogP contribution >= 0.6 is 0 Å². The molecule has 0 aromatic heterocycles. The van der Waals surface area contributed by atoms with Crippen LogP contribution in [-0.2, 0) is 44.9 Å². The van der Waals surface area contributed by atoms with E-state index < -0.39 is 23.6 Å². The minimum atomic E-state index is -0.538. The summed E-state index contributed by atoms with van der Waals surface area (Å²) in [7, 11) is 0. The molecule has 0 spiro atoms. The van der Waals surface area contributed by atoms with Gasteiger partial charge in [-0.3, -0.25) is 40.9 Å². The van der Waals surface area contributed by atoms with Crippen LogP contribution in [0.5, 0.6) is 23.0 Å². The van der Waals surface area contributed by atoms with E-state index >= 15 is 0 Å². The number of hydrogen-bond donors (Lipinski definition) is 8. The van der Waals surface area contributed by atoms with Gasteiger partial charge in [0.15, 0.2) is 26.4 Å². The SMILES string of the molecule is NNC(=O)COc1c2cccc1Cc1cccc(c1OCC(=O)NN)Cc1cccc(c1OCC(=O)NN)Cc1cccc(c1OCC(=O)NN)C2. The third-order valence-corrected chi connectivity index (χ3v) is 8.27. The summed E-state index contributed by atoms with van der Waals surface area (Å²) < 4.78 is 24.5. The first-order valence-corrected chi connectivity index (χ1v) is 16.2. The number of carbonyl (C=O) groups excluding carboxylic acids is 4. The summed E-state index contributed by atoms with van der Waals surface area (Å²) in [5.74, 6) is 21.1. The van der Waals surface area contributed by atoms with Crippen molar-refractivity contribution in [2.24, 2.45) is 23.4 Å². The number of fused-ring (bicyclic) bond motifs is 8. The molecule has 0 heterocycles. The lowest BCUT2D eigenvalue weighted by atomic mass is 9.91. The van der Waals surface area contributed by atoms with Crippen molar-refractivity contribution in [2.75, 3.05) is 26.4 Å². The van der Waals surface area contributed by atoms with E-state index in [4.69, 9.17) is 42.3 Å². The Morgan fingerprint density at radius 1 is 0.385 bits per heavy atom. The molecule has 0 atom stereocenters. The third kappa shape index (κ3) is 9.12. The van der Waals surface area contributed by atoms with Gasteiger partial charge < -0.3 is 18.9 Å². The van der Waals surface area contributed by atoms with Crippen molar-refractivity contribution < 1.29 is 38.1 Å². The molecule has 12 N–H and O–H groups in total. The molecule has 5 rings (SSSR count). The predicted molar refractivity (Wildman–Crippen MR) is 188 cm³/mol. The summed E-state index contributed by atoms with van der Waals surface area (Å²) in [6.07, 6.45) is 1.06. The fourth-order valence-corrected chi connectivity index (χ4v) is 5.95. The molecule has 0 fully saturated rings. The molecule has 272 valence electrons. The van der Waals surface area contributed by atoms with E-state index in [1.54, 1.807) is 0 Å². The van der Waals surface area contributed by atoms with Gasteiger partial charge in [-0.05, 0) is 44.5 Å². The van der Waals surface area contributed by atoms with E-state index in [0.717, 1.165) is 0 Å². The van der Waals surface area contributed by atoms with E-state index in [1.165, 1.54) is 0 Å². The minimum absolute atomic E-state index is 0.265. The van der Waals surface area contributed by atoms with Gasteiger partial charge in [0, 0.05) is 25.7 Å². The summed E-state index contributed by atoms with van der Waals surface area (Å²) in [5.41, 5.74) is 14.0. The van der Waals surface area contributed by atoms with Crippen molar-refractivity contribution in [1.82, 2.24) is 21.7 Å². The Kier molecular flexibility index (Phi) is 12.6. The summed E-state index contributed by atoms with van der Waals surface area (Å²) in [4.78, 5) is 49.1. The molecule has 1 aliphatic rings. The fourth-order valence-electron chi connectivity index (χ4n) is 5.95. The highest BCUT2D eigenvalue weighted by molar-refractivity contribution is 5.78. The van der Waals surface area contributed by atoms with Gasteiger partial charge in [0.05, 0.1) is 0 Å². The summed E-state index contributed by atoms with van der Waals surface area (Å²) in [6, 6.07) is 22.4. The van der Waals surface area contributed by atoms with Gasteiger partial charge in [0.2, 0.25) is 0 Å². The van der Waals surface area contributed by atoms with Gasteiger partial charge in [-0.2, -0.15) is 0 Å². The zero-order valence-electron chi connectivity index (χ0n) is 28.2. The molecule has 0 aliphatic heterocycles. The molecule has 16 nitrogen and oxygen atoms in total. The van der Waals surface area contributed by atoms with E-state index in [1.807, 2.05) is 72.8 Å². The fraction of sp³-hybridized carbons (Fsp3) is 0.222. The van der Waals surface area contributed by atoms with Gasteiger partial charge >= 0.3 is 0 Å². The molecule has 0 radical (unpaired) electrons. The molecule has 8 bridgehead atoms. The maximum atomic E-state index is 12.3. The van der Waals surface area contributed by atoms with Gasteiger partial charge in [-0.15, -0.1) is 0 Å². The van der Waals surface area contributed by atoms with Crippen molar-refractivity contribution in [1.29, 1.82) is 0 Å². The largest absolute Gasteiger partial charge is 0.483 e. The molecule has 0 saturated carbocycles. The van der Waals surface area contributed by atoms with Crippen LogP contribution < -0.4 is 64.0 Å². The molecular weight excluding hydrogens is 672 g/mol. The second-order valence-electron chi connectivity index (χ2n) is 11.8. The van der Waals surface area contributed by atoms with Gasteiger partial charge in [0.25, 0.3) is 23.6 Å². The van der Waals surface area contributed by atoms with E-state index in [2.05, 4.69) is 21.7 Å². The number of carbonyl (C=O) groups is 4. The van der Waals surface area contributed by atoms with Crippen LogP contribution in [0.4, 0.5) is 0 Å². The minimum Gasteiger partial charge on any atom is -0.483 e. The lowest BCUT2D eigenvalue weighted by molar-refractivity contribution is -0.123. The first-order valence-electron chi connectivity index (χ1n) is 16.2. The van der Waals surface area contributed by atoms with Crippen molar-refractivity contribution in [3.63, 3.8) is 0 Å². The molecule has 4 amide bonds. The highest BCUT2D eigenvalue weighted by Crippen LogP contribution is 2.38. The highest BCUT2D eigenvalue weighted by Gasteiger charge is 2.23. The van der Waals surface area contributed by atoms with Gasteiger partial charge in [0.1, 0.15) is 23.0 Å². The molecular formula is C36H40N8O8. The molecule has 4 aromatic rings. The summed E-state index contributed by atoms with van der Waals surface area (Å²) in [6.45, 7) is -1.44. The monoisotopic (exact) mass is 712 g/mol. The van der Waals surface area contributed by atoms with Crippen molar-refractivity contribution in [3.05, 3.63) is 117 Å². The standard InChI is InChI=1S/C36H40N8O8/c37-41-29(45)17-49-33-21-5-1-6-22(33)14-24-8-3-10-26(35(24)51-19-31(47)43-39)16-28-12-4-11-27(36(28)52-20-32(48)44-40)15-25-9-2-7-23(13-21)34(25)50-18-30(46)42-38/h1-12H,13-20,37-40H2,(H,41,45)(H,42,46)(H,43,47)(H,44,48). The Labute approximate surface area is 299 Å². The average Bonchev–Trinajstić information content (AvgIpc) is 3.15. The maximum Gasteiger partial charge on any atom is 0.271 e. The number of nitrogens with two attached hydrogens (primary N) is 4. The zero-order chi connectivity index (χ0) is 37.0. The Hall–Kier alpha value is -6.20. The van der Waals surface area contributed by atoms with Crippen molar-refractivity contribution in [3.8, 4) is 23.0 Å². The number of rotatable bonds is 12. The van der Waals surface area contributed by atoms with Crippen LogP contribution in [0, 0.1) is 0 Å². The second kappa shape index (κ2) is 17.6. The van der Waals surface area contributed by atoms with Crippen LogP contribution in [0.3, 0.4) is 0 Å².